The van der Waals surface area contributed by atoms with E-state index in [4.69, 9.17) is 9.47 Å². The van der Waals surface area contributed by atoms with Crippen molar-refractivity contribution in [2.24, 2.45) is 0 Å². The number of hydrogen-bond donors (Lipinski definition) is 3. The number of amides is 2. The van der Waals surface area contributed by atoms with Gasteiger partial charge < -0.3 is 25.2 Å². The third kappa shape index (κ3) is 5.65. The monoisotopic (exact) mass is 328 g/mol. The molecule has 0 fully saturated rings. The molecule has 124 valence electrons. The lowest BCUT2D eigenvalue weighted by Crippen LogP contribution is -2.42. The van der Waals surface area contributed by atoms with E-state index in [-0.39, 0.29) is 6.54 Å². The Balaban J connectivity index is 2.62. The van der Waals surface area contributed by atoms with Crippen LogP contribution in [-0.4, -0.2) is 49.5 Å². The van der Waals surface area contributed by atoms with Gasteiger partial charge >= 0.3 is 6.03 Å². The number of methoxy groups -OCH3 is 2. The van der Waals surface area contributed by atoms with E-state index in [0.717, 1.165) is 5.75 Å². The molecule has 22 heavy (non-hydrogen) atoms. The summed E-state index contributed by atoms with van der Waals surface area (Å²) in [5, 5.41) is 15.5. The van der Waals surface area contributed by atoms with Gasteiger partial charge in [0, 0.05) is 6.54 Å². The van der Waals surface area contributed by atoms with Gasteiger partial charge in [0.1, 0.15) is 0 Å². The van der Waals surface area contributed by atoms with Crippen molar-refractivity contribution in [3.63, 3.8) is 0 Å². The Labute approximate surface area is 135 Å². The van der Waals surface area contributed by atoms with E-state index in [1.165, 1.54) is 14.2 Å². The van der Waals surface area contributed by atoms with Crippen LogP contribution in [0.25, 0.3) is 0 Å². The smallest absolute Gasteiger partial charge is 0.319 e. The Morgan fingerprint density at radius 2 is 2.09 bits per heavy atom. The van der Waals surface area contributed by atoms with Crippen LogP contribution in [0.15, 0.2) is 18.2 Å². The first-order valence-corrected chi connectivity index (χ1v) is 8.30. The van der Waals surface area contributed by atoms with Crippen LogP contribution in [0.1, 0.15) is 13.3 Å². The van der Waals surface area contributed by atoms with Gasteiger partial charge in [-0.05, 0) is 37.5 Å². The summed E-state index contributed by atoms with van der Waals surface area (Å²) in [5.41, 5.74) is -0.429. The van der Waals surface area contributed by atoms with Crippen molar-refractivity contribution in [1.82, 2.24) is 5.32 Å². The largest absolute Gasteiger partial charge is 0.493 e. The second-order valence-electron chi connectivity index (χ2n) is 5.09. The van der Waals surface area contributed by atoms with Gasteiger partial charge in [-0.2, -0.15) is 11.8 Å². The van der Waals surface area contributed by atoms with E-state index < -0.39 is 11.6 Å². The molecule has 3 N–H and O–H groups in total. The van der Waals surface area contributed by atoms with Gasteiger partial charge in [0.05, 0.1) is 25.5 Å². The maximum atomic E-state index is 12.0. The zero-order chi connectivity index (χ0) is 16.6. The highest BCUT2D eigenvalue weighted by molar-refractivity contribution is 7.98. The molecule has 7 heteroatoms. The number of urea groups is 1. The summed E-state index contributed by atoms with van der Waals surface area (Å²) in [6.07, 6.45) is 2.59. The van der Waals surface area contributed by atoms with E-state index in [0.29, 0.717) is 23.6 Å². The van der Waals surface area contributed by atoms with Crippen LogP contribution in [0.4, 0.5) is 10.5 Å². The molecule has 0 saturated carbocycles. The number of thioether (sulfide) groups is 1. The normalized spacial score (nSPS) is 13.1. The minimum absolute atomic E-state index is 0.172. The van der Waals surface area contributed by atoms with E-state index in [1.807, 2.05) is 6.26 Å². The second kappa shape index (κ2) is 8.75. The van der Waals surface area contributed by atoms with Crippen molar-refractivity contribution in [1.29, 1.82) is 0 Å². The summed E-state index contributed by atoms with van der Waals surface area (Å²) in [6.45, 7) is 1.88. The van der Waals surface area contributed by atoms with Crippen LogP contribution < -0.4 is 20.1 Å². The van der Waals surface area contributed by atoms with Gasteiger partial charge in [0.2, 0.25) is 0 Å². The molecule has 1 aromatic carbocycles. The van der Waals surface area contributed by atoms with Crippen molar-refractivity contribution in [3.8, 4) is 11.5 Å². The number of rotatable bonds is 8. The standard InChI is InChI=1S/C15H24N2O4S/c1-15(19,8-9-22-4)10-16-14(18)17-11-6-5-7-12(20-2)13(11)21-3/h5-7,19H,8-10H2,1-4H3,(H2,16,17,18). The number of nitrogens with one attached hydrogen (secondary N) is 2. The van der Waals surface area contributed by atoms with Crippen molar-refractivity contribution in [2.75, 3.05) is 38.1 Å². The fourth-order valence-electron chi connectivity index (χ4n) is 1.83. The molecule has 0 spiro atoms. The third-order valence-corrected chi connectivity index (χ3v) is 3.74. The van der Waals surface area contributed by atoms with Crippen LogP contribution in [0.2, 0.25) is 0 Å². The molecule has 1 unspecified atom stereocenters. The van der Waals surface area contributed by atoms with E-state index in [2.05, 4.69) is 10.6 Å². The number of carbonyl (C=O) groups excluding carboxylic acids is 1. The summed E-state index contributed by atoms with van der Waals surface area (Å²) in [4.78, 5) is 12.0. The van der Waals surface area contributed by atoms with Gasteiger partial charge in [0.25, 0.3) is 0 Å². The predicted molar refractivity (Wildman–Crippen MR) is 90.2 cm³/mol. The van der Waals surface area contributed by atoms with Crippen molar-refractivity contribution >= 4 is 23.5 Å². The van der Waals surface area contributed by atoms with Crippen molar-refractivity contribution in [2.45, 2.75) is 18.9 Å². The molecule has 0 aliphatic carbocycles. The molecule has 2 amide bonds. The minimum atomic E-state index is -0.932. The molecule has 0 aliphatic rings. The average Bonchev–Trinajstić information content (AvgIpc) is 2.51. The quantitative estimate of drug-likeness (QED) is 0.682. The van der Waals surface area contributed by atoms with Crippen molar-refractivity contribution in [3.05, 3.63) is 18.2 Å². The Morgan fingerprint density at radius 3 is 2.68 bits per heavy atom. The number of hydrogen-bond acceptors (Lipinski definition) is 5. The summed E-state index contributed by atoms with van der Waals surface area (Å²) < 4.78 is 10.4. The first-order chi connectivity index (χ1) is 10.4. The summed E-state index contributed by atoms with van der Waals surface area (Å²) >= 11 is 1.66. The molecule has 1 atom stereocenters. The minimum Gasteiger partial charge on any atom is -0.493 e. The summed E-state index contributed by atoms with van der Waals surface area (Å²) in [6, 6.07) is 4.81. The highest BCUT2D eigenvalue weighted by Gasteiger charge is 2.21. The van der Waals surface area contributed by atoms with Gasteiger partial charge in [0.15, 0.2) is 11.5 Å². The first-order valence-electron chi connectivity index (χ1n) is 6.90. The van der Waals surface area contributed by atoms with Crippen LogP contribution in [-0.2, 0) is 0 Å². The zero-order valence-electron chi connectivity index (χ0n) is 13.4. The Hall–Kier alpha value is -1.60. The molecule has 1 aromatic rings. The predicted octanol–water partition coefficient (Wildman–Crippen LogP) is 2.33. The van der Waals surface area contributed by atoms with E-state index in [1.54, 1.807) is 36.9 Å². The van der Waals surface area contributed by atoms with Crippen LogP contribution in [0, 0.1) is 0 Å². The van der Waals surface area contributed by atoms with Gasteiger partial charge in [-0.3, -0.25) is 0 Å². The van der Waals surface area contributed by atoms with Crippen LogP contribution in [0.3, 0.4) is 0 Å². The van der Waals surface area contributed by atoms with E-state index >= 15 is 0 Å². The Kier molecular flexibility index (Phi) is 7.34. The zero-order valence-corrected chi connectivity index (χ0v) is 14.3. The number of benzene rings is 1. The molecule has 0 aromatic heterocycles. The molecule has 0 aliphatic heterocycles. The molecular weight excluding hydrogens is 304 g/mol. The second-order valence-corrected chi connectivity index (χ2v) is 6.07. The molecule has 0 heterocycles. The van der Waals surface area contributed by atoms with Gasteiger partial charge in [-0.25, -0.2) is 4.79 Å². The fourth-order valence-corrected chi connectivity index (χ4v) is 2.48. The molecule has 0 bridgehead atoms. The maximum Gasteiger partial charge on any atom is 0.319 e. The molecule has 1 rings (SSSR count). The number of para-hydroxylation sites is 1. The fraction of sp³-hybridized carbons (Fsp3) is 0.533. The Bertz CT molecular complexity index is 494. The summed E-state index contributed by atoms with van der Waals surface area (Å²) in [5.74, 6) is 1.82. The highest BCUT2D eigenvalue weighted by Crippen LogP contribution is 2.34. The third-order valence-electron chi connectivity index (χ3n) is 3.13. The molecule has 6 nitrogen and oxygen atoms in total. The topological polar surface area (TPSA) is 79.8 Å². The average molecular weight is 328 g/mol. The summed E-state index contributed by atoms with van der Waals surface area (Å²) in [7, 11) is 3.04. The van der Waals surface area contributed by atoms with Crippen LogP contribution >= 0.6 is 11.8 Å². The number of carbonyl (C=O) groups is 1. The molecule has 0 saturated heterocycles. The SMILES string of the molecule is COc1cccc(NC(=O)NCC(C)(O)CCSC)c1OC. The Morgan fingerprint density at radius 1 is 1.36 bits per heavy atom. The van der Waals surface area contributed by atoms with Gasteiger partial charge in [-0.1, -0.05) is 6.07 Å². The van der Waals surface area contributed by atoms with Crippen molar-refractivity contribution < 1.29 is 19.4 Å². The lowest BCUT2D eigenvalue weighted by molar-refractivity contribution is 0.0599. The first kappa shape index (κ1) is 18.4. The number of ether oxygens (including phenoxy) is 2. The lowest BCUT2D eigenvalue weighted by Gasteiger charge is -2.23. The number of anilines is 1. The van der Waals surface area contributed by atoms with E-state index in [9.17, 15) is 9.90 Å². The highest BCUT2D eigenvalue weighted by atomic mass is 32.2. The van der Waals surface area contributed by atoms with Gasteiger partial charge in [-0.15, -0.1) is 0 Å². The van der Waals surface area contributed by atoms with Crippen LogP contribution in [0.5, 0.6) is 11.5 Å². The molecular formula is C15H24N2O4S. The molecule has 0 radical (unpaired) electrons. The number of aliphatic hydroxyl groups is 1. The maximum absolute atomic E-state index is 12.0. The lowest BCUT2D eigenvalue weighted by atomic mass is 10.0.